The third-order valence-corrected chi connectivity index (χ3v) is 3.74. The van der Waals surface area contributed by atoms with E-state index in [0.717, 1.165) is 19.3 Å². The van der Waals surface area contributed by atoms with Crippen LogP contribution < -0.4 is 5.32 Å². The second-order valence-corrected chi connectivity index (χ2v) is 4.91. The zero-order valence-electron chi connectivity index (χ0n) is 11.9. The summed E-state index contributed by atoms with van der Waals surface area (Å²) in [7, 11) is 2.85. The van der Waals surface area contributed by atoms with Crippen LogP contribution in [0.3, 0.4) is 0 Å². The van der Waals surface area contributed by atoms with Gasteiger partial charge in [0, 0.05) is 19.7 Å². The molecule has 2 rings (SSSR count). The van der Waals surface area contributed by atoms with Crippen LogP contribution in [0.4, 0.5) is 11.5 Å². The van der Waals surface area contributed by atoms with Crippen molar-refractivity contribution in [2.45, 2.75) is 24.9 Å². The van der Waals surface area contributed by atoms with Gasteiger partial charge in [-0.25, -0.2) is 9.78 Å². The molecule has 1 saturated carbocycles. The molecule has 1 aliphatic rings. The predicted octanol–water partition coefficient (Wildman–Crippen LogP) is 1.76. The van der Waals surface area contributed by atoms with Crippen molar-refractivity contribution in [3.8, 4) is 0 Å². The van der Waals surface area contributed by atoms with E-state index in [-0.39, 0.29) is 22.8 Å². The van der Waals surface area contributed by atoms with Gasteiger partial charge in [-0.15, -0.1) is 0 Å². The zero-order chi connectivity index (χ0) is 15.5. The molecule has 0 amide bonds. The first-order chi connectivity index (χ1) is 10.0. The van der Waals surface area contributed by atoms with Crippen molar-refractivity contribution in [2.24, 2.45) is 0 Å². The molecule has 8 nitrogen and oxygen atoms in total. The van der Waals surface area contributed by atoms with E-state index < -0.39 is 10.9 Å². The van der Waals surface area contributed by atoms with Crippen LogP contribution in [0.15, 0.2) is 12.1 Å². The summed E-state index contributed by atoms with van der Waals surface area (Å²) in [6.45, 7) is 0.405. The number of methoxy groups -OCH3 is 2. The lowest BCUT2D eigenvalue weighted by atomic mass is 9.80. The van der Waals surface area contributed by atoms with Gasteiger partial charge < -0.3 is 14.8 Å². The Morgan fingerprint density at radius 3 is 2.67 bits per heavy atom. The van der Waals surface area contributed by atoms with E-state index in [0.29, 0.717) is 6.54 Å². The number of hydrogen-bond acceptors (Lipinski definition) is 7. The largest absolute Gasteiger partial charge is 0.464 e. The van der Waals surface area contributed by atoms with Gasteiger partial charge in [-0.3, -0.25) is 10.1 Å². The standard InChI is InChI=1S/C13H17N3O5/c1-20-12(17)9-4-5-10(16(18)19)11(15-9)14-8-13(21-2)6-3-7-13/h4-5H,3,6-8H2,1-2H3,(H,14,15). The highest BCUT2D eigenvalue weighted by atomic mass is 16.6. The highest BCUT2D eigenvalue weighted by molar-refractivity contribution is 5.88. The van der Waals surface area contributed by atoms with Gasteiger partial charge in [-0.05, 0) is 25.3 Å². The van der Waals surface area contributed by atoms with Gasteiger partial charge >= 0.3 is 11.7 Å². The fourth-order valence-corrected chi connectivity index (χ4v) is 2.22. The number of hydrogen-bond donors (Lipinski definition) is 1. The average Bonchev–Trinajstić information content (AvgIpc) is 2.45. The minimum absolute atomic E-state index is 0.0191. The number of rotatable bonds is 6. The van der Waals surface area contributed by atoms with Crippen LogP contribution in [0.2, 0.25) is 0 Å². The van der Waals surface area contributed by atoms with Gasteiger partial charge in [-0.2, -0.15) is 0 Å². The van der Waals surface area contributed by atoms with E-state index in [2.05, 4.69) is 15.0 Å². The molecule has 0 aliphatic heterocycles. The van der Waals surface area contributed by atoms with Crippen molar-refractivity contribution in [2.75, 3.05) is 26.1 Å². The number of esters is 1. The summed E-state index contributed by atoms with van der Waals surface area (Å²) in [6, 6.07) is 2.51. The Morgan fingerprint density at radius 1 is 1.48 bits per heavy atom. The van der Waals surface area contributed by atoms with E-state index in [1.807, 2.05) is 0 Å². The summed E-state index contributed by atoms with van der Waals surface area (Å²) in [4.78, 5) is 25.9. The first-order valence-corrected chi connectivity index (χ1v) is 6.54. The van der Waals surface area contributed by atoms with Gasteiger partial charge in [0.15, 0.2) is 5.69 Å². The lowest BCUT2D eigenvalue weighted by Crippen LogP contribution is -2.45. The van der Waals surface area contributed by atoms with Gasteiger partial charge in [0.25, 0.3) is 0 Å². The maximum Gasteiger partial charge on any atom is 0.356 e. The molecule has 1 aromatic rings. The molecule has 1 heterocycles. The van der Waals surface area contributed by atoms with Crippen molar-refractivity contribution in [1.29, 1.82) is 0 Å². The summed E-state index contributed by atoms with van der Waals surface area (Å²) in [5, 5.41) is 14.0. The van der Waals surface area contributed by atoms with E-state index in [1.165, 1.54) is 19.2 Å². The second kappa shape index (κ2) is 6.04. The van der Waals surface area contributed by atoms with Crippen LogP contribution in [-0.2, 0) is 9.47 Å². The summed E-state index contributed by atoms with van der Waals surface area (Å²) >= 11 is 0. The SMILES string of the molecule is COC(=O)c1ccc([N+](=O)[O-])c(NCC2(OC)CCC2)n1. The number of carbonyl (C=O) groups excluding carboxylic acids is 1. The Kier molecular flexibility index (Phi) is 4.37. The van der Waals surface area contributed by atoms with Gasteiger partial charge in [0.2, 0.25) is 5.82 Å². The topological polar surface area (TPSA) is 104 Å². The fourth-order valence-electron chi connectivity index (χ4n) is 2.22. The fraction of sp³-hybridized carbons (Fsp3) is 0.538. The van der Waals surface area contributed by atoms with Crippen molar-refractivity contribution < 1.29 is 19.2 Å². The number of ether oxygens (including phenoxy) is 2. The number of nitrogens with zero attached hydrogens (tertiary/aromatic N) is 2. The van der Waals surface area contributed by atoms with Crippen LogP contribution in [0, 0.1) is 10.1 Å². The van der Waals surface area contributed by atoms with E-state index in [4.69, 9.17) is 4.74 Å². The van der Waals surface area contributed by atoms with E-state index in [9.17, 15) is 14.9 Å². The Bertz CT molecular complexity index is 551. The molecule has 1 fully saturated rings. The van der Waals surface area contributed by atoms with Crippen LogP contribution in [0.25, 0.3) is 0 Å². The molecule has 0 aromatic carbocycles. The number of pyridine rings is 1. The minimum atomic E-state index is -0.641. The monoisotopic (exact) mass is 295 g/mol. The van der Waals surface area contributed by atoms with Crippen molar-refractivity contribution in [3.63, 3.8) is 0 Å². The van der Waals surface area contributed by atoms with Gasteiger partial charge in [-0.1, -0.05) is 0 Å². The molecule has 114 valence electrons. The Hall–Kier alpha value is -2.22. The third kappa shape index (κ3) is 3.10. The summed E-state index contributed by atoms with van der Waals surface area (Å²) in [6.07, 6.45) is 2.84. The molecule has 0 atom stereocenters. The molecule has 0 unspecified atom stereocenters. The van der Waals surface area contributed by atoms with E-state index >= 15 is 0 Å². The molecule has 21 heavy (non-hydrogen) atoms. The molecular formula is C13H17N3O5. The molecule has 0 saturated heterocycles. The predicted molar refractivity (Wildman–Crippen MR) is 74.3 cm³/mol. The molecule has 8 heteroatoms. The van der Waals surface area contributed by atoms with Crippen molar-refractivity contribution >= 4 is 17.5 Å². The Balaban J connectivity index is 2.22. The number of anilines is 1. The first-order valence-electron chi connectivity index (χ1n) is 6.54. The number of carbonyl (C=O) groups is 1. The van der Waals surface area contributed by atoms with Gasteiger partial charge in [0.05, 0.1) is 17.6 Å². The maximum atomic E-state index is 11.5. The molecule has 1 aromatic heterocycles. The quantitative estimate of drug-likeness (QED) is 0.484. The maximum absolute atomic E-state index is 11.5. The molecule has 1 N–H and O–H groups in total. The third-order valence-electron chi connectivity index (χ3n) is 3.74. The summed E-state index contributed by atoms with van der Waals surface area (Å²) in [5.74, 6) is -0.593. The Morgan fingerprint density at radius 2 is 2.19 bits per heavy atom. The average molecular weight is 295 g/mol. The smallest absolute Gasteiger partial charge is 0.356 e. The molecule has 0 spiro atoms. The van der Waals surface area contributed by atoms with Crippen molar-refractivity contribution in [1.82, 2.24) is 4.98 Å². The van der Waals surface area contributed by atoms with Crippen LogP contribution in [0.1, 0.15) is 29.8 Å². The number of nitro groups is 1. The number of aromatic nitrogens is 1. The highest BCUT2D eigenvalue weighted by Gasteiger charge is 2.37. The van der Waals surface area contributed by atoms with E-state index in [1.54, 1.807) is 7.11 Å². The molecule has 0 bridgehead atoms. The van der Waals surface area contributed by atoms with Crippen LogP contribution in [0.5, 0.6) is 0 Å². The zero-order valence-corrected chi connectivity index (χ0v) is 11.9. The molecular weight excluding hydrogens is 278 g/mol. The minimum Gasteiger partial charge on any atom is -0.464 e. The highest BCUT2D eigenvalue weighted by Crippen LogP contribution is 2.35. The molecule has 0 radical (unpaired) electrons. The lowest BCUT2D eigenvalue weighted by molar-refractivity contribution is -0.384. The first kappa shape index (κ1) is 15.2. The lowest BCUT2D eigenvalue weighted by Gasteiger charge is -2.40. The summed E-state index contributed by atoms with van der Waals surface area (Å²) < 4.78 is 10.0. The van der Waals surface area contributed by atoms with Gasteiger partial charge in [0.1, 0.15) is 0 Å². The van der Waals surface area contributed by atoms with Crippen LogP contribution in [-0.4, -0.2) is 42.2 Å². The summed E-state index contributed by atoms with van der Waals surface area (Å²) in [5.41, 5.74) is -0.476. The Labute approximate surface area is 121 Å². The second-order valence-electron chi connectivity index (χ2n) is 4.91. The molecule has 1 aliphatic carbocycles. The van der Waals surface area contributed by atoms with Crippen molar-refractivity contribution in [3.05, 3.63) is 27.9 Å². The van der Waals surface area contributed by atoms with Crippen LogP contribution >= 0.6 is 0 Å². The number of nitrogens with one attached hydrogen (secondary N) is 1. The normalized spacial score (nSPS) is 15.9.